The fourth-order valence-electron chi connectivity index (χ4n) is 11.1. The van der Waals surface area contributed by atoms with Gasteiger partial charge in [0.1, 0.15) is 54.6 Å². The highest BCUT2D eigenvalue weighted by molar-refractivity contribution is 6.18. The van der Waals surface area contributed by atoms with E-state index in [0.717, 1.165) is 77.7 Å². The second kappa shape index (κ2) is 51.4. The molecule has 1 aliphatic heterocycles. The molecule has 3 aromatic heterocycles. The molecular formula is C71H103ClN12O34. The third-order valence-corrected chi connectivity index (χ3v) is 18.0. The second-order valence-corrected chi connectivity index (χ2v) is 27.3. The van der Waals surface area contributed by atoms with Gasteiger partial charge in [-0.1, -0.05) is 83.6 Å². The Morgan fingerprint density at radius 3 is 1.39 bits per heavy atom. The number of carbonyl (C=O) groups excluding carboxylic acids is 13. The minimum absolute atomic E-state index is 0.0128. The normalized spacial score (nSPS) is 20.5. The van der Waals surface area contributed by atoms with Crippen LogP contribution in [0.5, 0.6) is 0 Å². The molecule has 0 radical (unpaired) electrons. The number of hydrogen-bond acceptors (Lipinski definition) is 32. The van der Waals surface area contributed by atoms with Crippen LogP contribution in [0.25, 0.3) is 0 Å². The average Bonchev–Trinajstić information content (AvgIpc) is 1.35. The number of hydrogen-bond donors (Lipinski definition) is 18. The van der Waals surface area contributed by atoms with Crippen LogP contribution in [0.4, 0.5) is 14.4 Å². The minimum Gasteiger partial charge on any atom is -0.481 e. The highest BCUT2D eigenvalue weighted by Gasteiger charge is 2.41. The number of alkyl carbamates (subject to hydrolysis) is 3. The van der Waals surface area contributed by atoms with Crippen molar-refractivity contribution in [1.82, 2.24) is 63.8 Å². The summed E-state index contributed by atoms with van der Waals surface area (Å²) in [6, 6.07) is -18.3. The first-order valence-electron chi connectivity index (χ1n) is 37.7. The van der Waals surface area contributed by atoms with Crippen molar-refractivity contribution in [2.75, 3.05) is 32.1 Å². The van der Waals surface area contributed by atoms with Crippen LogP contribution in [0, 0.1) is 20.8 Å². The number of carboxylic acids is 2. The fourth-order valence-corrected chi connectivity index (χ4v) is 11.3. The van der Waals surface area contributed by atoms with Crippen molar-refractivity contribution in [3.63, 3.8) is 0 Å². The molecule has 658 valence electrons. The summed E-state index contributed by atoms with van der Waals surface area (Å²) in [5.41, 5.74) is -0.794. The quantitative estimate of drug-likeness (QED) is 0.00974. The highest BCUT2D eigenvalue weighted by Crippen LogP contribution is 2.17. The maximum atomic E-state index is 14.8. The van der Waals surface area contributed by atoms with Gasteiger partial charge >= 0.3 is 53.7 Å². The molecule has 1 aliphatic rings. The molecule has 118 heavy (non-hydrogen) atoms. The van der Waals surface area contributed by atoms with Crippen LogP contribution < -0.4 is 81.3 Å². The number of carbonyl (C=O) groups is 15. The van der Waals surface area contributed by atoms with E-state index < -0.39 is 263 Å². The first-order valence-corrected chi connectivity index (χ1v) is 38.3. The summed E-state index contributed by atoms with van der Waals surface area (Å²) in [7, 11) is 0. The van der Waals surface area contributed by atoms with Crippen molar-refractivity contribution in [1.29, 1.82) is 0 Å². The number of unbranched alkanes of at least 4 members (excludes halogenated alkanes) is 11. The number of nitrogens with one attached hydrogen (secondary N) is 12. The zero-order valence-electron chi connectivity index (χ0n) is 65.6. The van der Waals surface area contributed by atoms with Crippen LogP contribution in [-0.4, -0.2) is 225 Å². The van der Waals surface area contributed by atoms with Gasteiger partial charge in [0.2, 0.25) is 47.3 Å². The molecule has 0 bridgehead atoms. The van der Waals surface area contributed by atoms with Gasteiger partial charge in [-0.3, -0.25) is 47.9 Å². The van der Waals surface area contributed by atoms with Gasteiger partial charge in [-0.25, -0.2) is 38.4 Å². The molecule has 12 amide bonds. The van der Waals surface area contributed by atoms with Crippen LogP contribution in [0.15, 0.2) is 52.7 Å². The Balaban J connectivity index is 1.86. The van der Waals surface area contributed by atoms with E-state index in [1.54, 1.807) is 0 Å². The van der Waals surface area contributed by atoms with E-state index in [1.807, 2.05) is 10.6 Å². The van der Waals surface area contributed by atoms with E-state index in [-0.39, 0.29) is 60.4 Å². The number of allylic oxidation sites excluding steroid dienone is 1. The fraction of sp³-hybridized carbons (Fsp3) is 0.634. The largest absolute Gasteiger partial charge is 0.519 e. The van der Waals surface area contributed by atoms with Gasteiger partial charge in [0.15, 0.2) is 66.5 Å². The molecule has 4 heterocycles. The molecule has 4 rings (SSSR count). The molecule has 1 saturated heterocycles. The SMILES string of the molecule is C/C=C1/NC(=O)C([C@H](C)O)NC(=O)[C@H](CCNC(=O)OCc2oc(=O)oc2C)NC(=O)C(CCCCNC(=O)OCc2oc(=O)oc2C)NC(=O)C([C@H](O)C(=O)O)NC(=O)[C@H](CC(=O)O)NC(=O)C(CCNC(=O)OCc2oc(=O)oc2C)NC(=O)C(NC(=O)CC(O)CCCCCCCCCCCCC)COC(=O)C([C@H](O)CCl)NC1=O. The third-order valence-electron chi connectivity index (χ3n) is 17.7. The number of aryl methyl sites for hydroxylation is 3. The number of aliphatic carboxylic acids is 2. The van der Waals surface area contributed by atoms with E-state index >= 15 is 0 Å². The van der Waals surface area contributed by atoms with E-state index in [0.29, 0.717) is 12.8 Å². The Kier molecular flexibility index (Phi) is 43.0. The number of alkyl halides is 1. The predicted octanol–water partition coefficient (Wildman–Crippen LogP) is -1.91. The molecule has 0 spiro atoms. The lowest BCUT2D eigenvalue weighted by molar-refractivity contribution is -0.153. The number of cyclic esters (lactones) is 1. The first-order chi connectivity index (χ1) is 55.9. The van der Waals surface area contributed by atoms with Crippen molar-refractivity contribution < 1.29 is 148 Å². The second-order valence-electron chi connectivity index (χ2n) is 27.0. The zero-order chi connectivity index (χ0) is 87.7. The van der Waals surface area contributed by atoms with Crippen molar-refractivity contribution in [3.8, 4) is 0 Å². The Hall–Kier alpha value is -11.6. The first kappa shape index (κ1) is 98.7. The molecule has 0 aromatic carbocycles. The van der Waals surface area contributed by atoms with E-state index in [1.165, 1.54) is 20.8 Å². The lowest BCUT2D eigenvalue weighted by Gasteiger charge is -2.29. The van der Waals surface area contributed by atoms with E-state index in [2.05, 4.69) is 60.1 Å². The van der Waals surface area contributed by atoms with Gasteiger partial charge < -0.3 is 140 Å². The summed E-state index contributed by atoms with van der Waals surface area (Å²) in [5.74, 6) is -24.4. The number of esters is 1. The Bertz CT molecular complexity index is 4110. The third kappa shape index (κ3) is 35.4. The molecule has 12 atom stereocenters. The van der Waals surface area contributed by atoms with Gasteiger partial charge in [-0.2, -0.15) is 0 Å². The Morgan fingerprint density at radius 1 is 0.508 bits per heavy atom. The van der Waals surface area contributed by atoms with Crippen molar-refractivity contribution in [3.05, 3.63) is 78.2 Å². The van der Waals surface area contributed by atoms with Gasteiger partial charge in [0, 0.05) is 19.6 Å². The topological polar surface area (TPSA) is 689 Å². The number of halogens is 1. The van der Waals surface area contributed by atoms with Crippen LogP contribution in [-0.2, 0) is 96.3 Å². The molecule has 0 saturated carbocycles. The number of carboxylic acid groups (broad SMARTS) is 2. The lowest BCUT2D eigenvalue weighted by Crippen LogP contribution is -2.63. The maximum absolute atomic E-state index is 14.8. The van der Waals surface area contributed by atoms with Crippen LogP contribution >= 0.6 is 11.6 Å². The number of aliphatic hydroxyl groups excluding tert-OH is 4. The molecular weight excluding hydrogens is 1600 g/mol. The summed E-state index contributed by atoms with van der Waals surface area (Å²) in [5, 5.41) is 90.6. The standard InChI is InChI=1S/C71H103ClN12O34/c1-7-9-10-11-12-13-14-15-16-17-18-21-39(86)28-50(88)76-45-31-109-65(102)53(46(87)30-72)83-56(92)40(8-2)77-62(98)52(35(3)85)82-59(95)43(24-27-75-68(105)112-34-49-38(6)115-71(108)118-49)78-57(93)41(22-19-20-25-73-66(103)110-32-47-36(4)113-69(106)116-47)80-63(99)54(55(91)64(100)101)84-60(96)44(29-51(89)90)81-58(94)42(79-61(45)97)23-26-74-67(104)111-33-48-37(5)114-70(107)117-48/h8,35,39,41-46,52-55,85-87,91H,7,9-34H2,1-6H3,(H,73,103)(H,74,104)(H,75,105)(H,76,88)(H,77,98)(H,78,93)(H,79,97)(H,80,99)(H,81,94)(H,82,95)(H,83,92)(H,84,96)(H,89,90)(H,100,101)/b40-8+/t35-,39?,41?,42?,43-,44-,45?,46+,52?,53?,54?,55-/m0/s1. The van der Waals surface area contributed by atoms with Gasteiger partial charge in [0.05, 0.1) is 37.0 Å². The molecule has 3 aromatic rings. The smallest absolute Gasteiger partial charge is 0.481 e. The summed E-state index contributed by atoms with van der Waals surface area (Å²) in [4.78, 5) is 243. The van der Waals surface area contributed by atoms with E-state index in [4.69, 9.17) is 57.1 Å². The number of rotatable bonds is 39. The van der Waals surface area contributed by atoms with Crippen LogP contribution in [0.1, 0.15) is 177 Å². The van der Waals surface area contributed by atoms with Crippen molar-refractivity contribution in [2.24, 2.45) is 0 Å². The van der Waals surface area contributed by atoms with Crippen molar-refractivity contribution >= 4 is 101 Å². The Labute approximate surface area is 676 Å². The Morgan fingerprint density at radius 2 is 0.941 bits per heavy atom. The molecule has 46 nitrogen and oxygen atoms in total. The molecule has 7 unspecified atom stereocenters. The van der Waals surface area contributed by atoms with Gasteiger partial charge in [0.25, 0.3) is 5.91 Å². The molecule has 0 aliphatic carbocycles. The summed E-state index contributed by atoms with van der Waals surface area (Å²) in [6.07, 6.45) is -5.37. The van der Waals surface area contributed by atoms with Gasteiger partial charge in [-0.05, 0) is 73.1 Å². The summed E-state index contributed by atoms with van der Waals surface area (Å²) in [6.45, 7) is 3.17. The minimum atomic E-state index is -3.06. The van der Waals surface area contributed by atoms with Gasteiger partial charge in [-0.15, -0.1) is 11.6 Å². The summed E-state index contributed by atoms with van der Waals surface area (Å²) < 4.78 is 49.2. The monoisotopic (exact) mass is 1700 g/mol. The highest BCUT2D eigenvalue weighted by atomic mass is 35.5. The van der Waals surface area contributed by atoms with Crippen molar-refractivity contribution in [2.45, 2.75) is 256 Å². The number of amides is 12. The zero-order valence-corrected chi connectivity index (χ0v) is 66.3. The van der Waals surface area contributed by atoms with Crippen LogP contribution in [0.3, 0.4) is 0 Å². The molecule has 47 heteroatoms. The summed E-state index contributed by atoms with van der Waals surface area (Å²) >= 11 is 6.00. The average molecular weight is 1700 g/mol. The molecule has 1 fully saturated rings. The maximum Gasteiger partial charge on any atom is 0.519 e. The van der Waals surface area contributed by atoms with E-state index in [9.17, 15) is 117 Å². The predicted molar refractivity (Wildman–Crippen MR) is 398 cm³/mol. The molecule has 18 N–H and O–H groups in total. The number of aliphatic hydroxyl groups is 4. The number of ether oxygens (including phenoxy) is 4. The lowest BCUT2D eigenvalue weighted by atomic mass is 10.0. The van der Waals surface area contributed by atoms with Crippen LogP contribution in [0.2, 0.25) is 0 Å².